The molecule has 0 aromatic heterocycles. The standard InChI is InChI=1S/C26H27F3N2O2S/c1-17-14-19(24(32)30-15-18-4-11-22(34)12-5-18)6-13-23(17)31-16-25(2,3)20-7-9-21(10-8-20)33-26(27,28)29/h4-14,31,34H,15-16H2,1-3H3,(H,30,32). The number of benzene rings is 3. The number of alkyl halides is 3. The van der Waals surface area contributed by atoms with E-state index in [1.807, 2.05) is 57.2 Å². The number of anilines is 1. The number of amides is 1. The Kier molecular flexibility index (Phi) is 7.82. The lowest BCUT2D eigenvalue weighted by Crippen LogP contribution is -2.28. The third-order valence-electron chi connectivity index (χ3n) is 5.47. The van der Waals surface area contributed by atoms with Crippen molar-refractivity contribution in [1.29, 1.82) is 0 Å². The van der Waals surface area contributed by atoms with Gasteiger partial charge in [0.2, 0.25) is 0 Å². The van der Waals surface area contributed by atoms with E-state index in [9.17, 15) is 18.0 Å². The molecule has 3 rings (SSSR count). The molecule has 0 aliphatic heterocycles. The summed E-state index contributed by atoms with van der Waals surface area (Å²) in [7, 11) is 0. The quantitative estimate of drug-likeness (QED) is 0.317. The first kappa shape index (κ1) is 25.5. The molecule has 0 atom stereocenters. The van der Waals surface area contributed by atoms with Gasteiger partial charge in [-0.1, -0.05) is 38.1 Å². The molecule has 0 heterocycles. The van der Waals surface area contributed by atoms with Gasteiger partial charge in [-0.2, -0.15) is 0 Å². The van der Waals surface area contributed by atoms with Crippen molar-refractivity contribution in [3.8, 4) is 5.75 Å². The second-order valence-electron chi connectivity index (χ2n) is 8.69. The molecule has 180 valence electrons. The normalized spacial score (nSPS) is 11.7. The summed E-state index contributed by atoms with van der Waals surface area (Å²) in [6.45, 7) is 6.88. The maximum absolute atomic E-state index is 12.5. The minimum absolute atomic E-state index is 0.161. The molecule has 4 nitrogen and oxygen atoms in total. The first-order valence-corrected chi connectivity index (χ1v) is 11.1. The van der Waals surface area contributed by atoms with Gasteiger partial charge in [-0.25, -0.2) is 0 Å². The molecule has 2 N–H and O–H groups in total. The lowest BCUT2D eigenvalue weighted by molar-refractivity contribution is -0.274. The molecule has 0 aliphatic carbocycles. The van der Waals surface area contributed by atoms with E-state index in [-0.39, 0.29) is 17.1 Å². The first-order chi connectivity index (χ1) is 15.9. The van der Waals surface area contributed by atoms with E-state index in [2.05, 4.69) is 28.0 Å². The van der Waals surface area contributed by atoms with Crippen LogP contribution in [0.15, 0.2) is 71.6 Å². The Hall–Kier alpha value is -3.13. The fraction of sp³-hybridized carbons (Fsp3) is 0.269. The Bertz CT molecular complexity index is 1130. The lowest BCUT2D eigenvalue weighted by Gasteiger charge is -2.27. The third kappa shape index (κ3) is 7.18. The summed E-state index contributed by atoms with van der Waals surface area (Å²) in [6, 6.07) is 18.9. The number of nitrogens with one attached hydrogen (secondary N) is 2. The van der Waals surface area contributed by atoms with Crippen LogP contribution in [0.1, 0.15) is 40.9 Å². The summed E-state index contributed by atoms with van der Waals surface area (Å²) in [5.41, 5.74) is 3.86. The van der Waals surface area contributed by atoms with Gasteiger partial charge in [0.05, 0.1) is 0 Å². The molecule has 0 unspecified atom stereocenters. The molecular formula is C26H27F3N2O2S. The predicted molar refractivity (Wildman–Crippen MR) is 131 cm³/mol. The van der Waals surface area contributed by atoms with Gasteiger partial charge in [0.1, 0.15) is 5.75 Å². The average molecular weight is 489 g/mol. The zero-order valence-corrected chi connectivity index (χ0v) is 20.1. The highest BCUT2D eigenvalue weighted by atomic mass is 32.1. The maximum Gasteiger partial charge on any atom is 0.573 e. The van der Waals surface area contributed by atoms with Crippen molar-refractivity contribution in [3.05, 3.63) is 89.0 Å². The number of carbonyl (C=O) groups excluding carboxylic acids is 1. The number of hydrogen-bond acceptors (Lipinski definition) is 4. The molecule has 3 aromatic rings. The Balaban J connectivity index is 1.59. The molecule has 0 aliphatic rings. The van der Waals surface area contributed by atoms with Crippen molar-refractivity contribution in [2.45, 2.75) is 44.0 Å². The van der Waals surface area contributed by atoms with Crippen molar-refractivity contribution in [3.63, 3.8) is 0 Å². The minimum atomic E-state index is -4.71. The van der Waals surface area contributed by atoms with Crippen LogP contribution >= 0.6 is 12.6 Å². The Morgan fingerprint density at radius 2 is 1.62 bits per heavy atom. The van der Waals surface area contributed by atoms with Crippen LogP contribution in [0.4, 0.5) is 18.9 Å². The van der Waals surface area contributed by atoms with Crippen LogP contribution in [-0.2, 0) is 12.0 Å². The molecule has 0 spiro atoms. The van der Waals surface area contributed by atoms with Crippen LogP contribution in [0.3, 0.4) is 0 Å². The van der Waals surface area contributed by atoms with E-state index < -0.39 is 6.36 Å². The number of hydrogen-bond donors (Lipinski definition) is 3. The van der Waals surface area contributed by atoms with Gasteiger partial charge in [0.15, 0.2) is 0 Å². The number of ether oxygens (including phenoxy) is 1. The van der Waals surface area contributed by atoms with Gasteiger partial charge in [-0.15, -0.1) is 25.8 Å². The zero-order valence-electron chi connectivity index (χ0n) is 19.2. The van der Waals surface area contributed by atoms with E-state index >= 15 is 0 Å². The molecule has 0 saturated carbocycles. The van der Waals surface area contributed by atoms with Crippen LogP contribution < -0.4 is 15.4 Å². The molecule has 0 fully saturated rings. The summed E-state index contributed by atoms with van der Waals surface area (Å²) in [5.74, 6) is -0.408. The van der Waals surface area contributed by atoms with Crippen molar-refractivity contribution in [2.24, 2.45) is 0 Å². The molecule has 0 bridgehead atoms. The summed E-state index contributed by atoms with van der Waals surface area (Å²) >= 11 is 4.26. The van der Waals surface area contributed by atoms with Crippen molar-refractivity contribution < 1.29 is 22.7 Å². The summed E-state index contributed by atoms with van der Waals surface area (Å²) in [4.78, 5) is 13.4. The van der Waals surface area contributed by atoms with Gasteiger partial charge in [0, 0.05) is 34.7 Å². The Morgan fingerprint density at radius 3 is 2.21 bits per heavy atom. The molecule has 3 aromatic carbocycles. The second-order valence-corrected chi connectivity index (χ2v) is 9.20. The maximum atomic E-state index is 12.5. The molecule has 0 saturated heterocycles. The average Bonchev–Trinajstić information content (AvgIpc) is 2.77. The van der Waals surface area contributed by atoms with Gasteiger partial charge < -0.3 is 15.4 Å². The second kappa shape index (κ2) is 10.4. The van der Waals surface area contributed by atoms with E-state index in [1.54, 1.807) is 18.2 Å². The minimum Gasteiger partial charge on any atom is -0.406 e. The number of thiol groups is 1. The predicted octanol–water partition coefficient (Wildman–Crippen LogP) is 6.50. The topological polar surface area (TPSA) is 50.4 Å². The highest BCUT2D eigenvalue weighted by Crippen LogP contribution is 2.29. The molecule has 1 amide bonds. The number of rotatable bonds is 8. The van der Waals surface area contributed by atoms with Gasteiger partial charge in [0.25, 0.3) is 5.91 Å². The monoisotopic (exact) mass is 488 g/mol. The van der Waals surface area contributed by atoms with Crippen LogP contribution in [0, 0.1) is 6.92 Å². The number of aryl methyl sites for hydroxylation is 1. The van der Waals surface area contributed by atoms with Gasteiger partial charge in [-0.05, 0) is 66.1 Å². The van der Waals surface area contributed by atoms with E-state index in [1.165, 1.54) is 12.1 Å². The van der Waals surface area contributed by atoms with Crippen LogP contribution in [-0.4, -0.2) is 18.8 Å². The Labute approximate surface area is 202 Å². The fourth-order valence-electron chi connectivity index (χ4n) is 3.43. The zero-order chi connectivity index (χ0) is 24.9. The molecule has 8 heteroatoms. The van der Waals surface area contributed by atoms with Gasteiger partial charge in [-0.3, -0.25) is 4.79 Å². The highest BCUT2D eigenvalue weighted by Gasteiger charge is 2.31. The number of carbonyl (C=O) groups is 1. The van der Waals surface area contributed by atoms with Crippen LogP contribution in [0.25, 0.3) is 0 Å². The van der Waals surface area contributed by atoms with Crippen molar-refractivity contribution >= 4 is 24.2 Å². The van der Waals surface area contributed by atoms with Crippen molar-refractivity contribution in [2.75, 3.05) is 11.9 Å². The number of halogens is 3. The Morgan fingerprint density at radius 1 is 0.971 bits per heavy atom. The lowest BCUT2D eigenvalue weighted by atomic mass is 9.84. The van der Waals surface area contributed by atoms with E-state index in [0.717, 1.165) is 27.3 Å². The molecular weight excluding hydrogens is 461 g/mol. The van der Waals surface area contributed by atoms with Crippen molar-refractivity contribution in [1.82, 2.24) is 5.32 Å². The van der Waals surface area contributed by atoms with Gasteiger partial charge >= 0.3 is 6.36 Å². The fourth-order valence-corrected chi connectivity index (χ4v) is 3.58. The summed E-state index contributed by atoms with van der Waals surface area (Å²) in [6.07, 6.45) is -4.71. The summed E-state index contributed by atoms with van der Waals surface area (Å²) in [5, 5.41) is 6.30. The van der Waals surface area contributed by atoms with Crippen LogP contribution in [0.5, 0.6) is 5.75 Å². The van der Waals surface area contributed by atoms with E-state index in [4.69, 9.17) is 0 Å². The van der Waals surface area contributed by atoms with Crippen LogP contribution in [0.2, 0.25) is 0 Å². The highest BCUT2D eigenvalue weighted by molar-refractivity contribution is 7.80. The largest absolute Gasteiger partial charge is 0.573 e. The SMILES string of the molecule is Cc1cc(C(=O)NCc2ccc(S)cc2)ccc1NCC(C)(C)c1ccc(OC(F)(F)F)cc1. The molecule has 0 radical (unpaired) electrons. The summed E-state index contributed by atoms with van der Waals surface area (Å²) < 4.78 is 41.1. The first-order valence-electron chi connectivity index (χ1n) is 10.7. The molecule has 34 heavy (non-hydrogen) atoms. The van der Waals surface area contributed by atoms with E-state index in [0.29, 0.717) is 18.7 Å². The third-order valence-corrected chi connectivity index (χ3v) is 5.77. The smallest absolute Gasteiger partial charge is 0.406 e.